The maximum atomic E-state index is 5.98. The van der Waals surface area contributed by atoms with E-state index in [1.807, 2.05) is 36.4 Å². The summed E-state index contributed by atoms with van der Waals surface area (Å²) in [6.07, 6.45) is 10.0. The number of fused-ring (bicyclic) bond motifs is 3. The number of allylic oxidation sites excluding steroid dienone is 4. The van der Waals surface area contributed by atoms with E-state index in [1.165, 1.54) is 105 Å². The predicted molar refractivity (Wildman–Crippen MR) is 242 cm³/mol. The van der Waals surface area contributed by atoms with E-state index in [-0.39, 0.29) is 35.6 Å². The average Bonchev–Trinajstić information content (AvgIpc) is 3.86. The Balaban J connectivity index is 0.000000225. The van der Waals surface area contributed by atoms with Gasteiger partial charge in [0, 0.05) is 0 Å². The van der Waals surface area contributed by atoms with Crippen molar-refractivity contribution < 1.29 is 49.0 Å². The van der Waals surface area contributed by atoms with E-state index < -0.39 is 0 Å². The van der Waals surface area contributed by atoms with Crippen LogP contribution in [0.4, 0.5) is 0 Å². The third kappa shape index (κ3) is 11.7. The van der Waals surface area contributed by atoms with Crippen molar-refractivity contribution in [2.24, 2.45) is 0 Å². The van der Waals surface area contributed by atoms with Crippen LogP contribution in [0.5, 0.6) is 0 Å². The maximum absolute atomic E-state index is 5.98. The van der Waals surface area contributed by atoms with Gasteiger partial charge in [-0.3, -0.25) is 6.08 Å². The van der Waals surface area contributed by atoms with Gasteiger partial charge in [-0.2, -0.15) is 6.08 Å². The fraction of sp³-hybridized carbons (Fsp3) is 0.208. The first-order valence-corrected chi connectivity index (χ1v) is 21.3. The molecule has 296 valence electrons. The van der Waals surface area contributed by atoms with Crippen molar-refractivity contribution in [3.63, 3.8) is 0 Å². The molecule has 7 aromatic rings. The van der Waals surface area contributed by atoms with Crippen LogP contribution in [0, 0.1) is 19.9 Å². The van der Waals surface area contributed by atoms with Gasteiger partial charge in [0.05, 0.1) is 0 Å². The van der Waals surface area contributed by atoms with Gasteiger partial charge in [-0.15, -0.1) is 46.2 Å². The quantitative estimate of drug-likeness (QED) is 0.155. The van der Waals surface area contributed by atoms with Gasteiger partial charge in [-0.25, -0.2) is 12.2 Å². The van der Waals surface area contributed by atoms with E-state index in [4.69, 9.17) is 23.2 Å². The topological polar surface area (TPSA) is 0 Å². The summed E-state index contributed by atoms with van der Waals surface area (Å²) in [6.45, 7) is 18.3. The molecule has 0 unspecified atom stereocenters. The Bertz CT molecular complexity index is 2350. The zero-order valence-corrected chi connectivity index (χ0v) is 40.1. The summed E-state index contributed by atoms with van der Waals surface area (Å²) in [5.74, 6) is 0. The Hall–Kier alpha value is -3.42. The minimum absolute atomic E-state index is 0. The van der Waals surface area contributed by atoms with Crippen LogP contribution in [0.1, 0.15) is 81.3 Å². The van der Waals surface area contributed by atoms with Gasteiger partial charge in [0.1, 0.15) is 0 Å². The normalized spacial score (nSPS) is 11.9. The molecule has 0 amide bonds. The van der Waals surface area contributed by atoms with Gasteiger partial charge in [-0.1, -0.05) is 75.9 Å². The zero-order valence-electron chi connectivity index (χ0n) is 34.6. The number of benzene rings is 6. The molecule has 58 heavy (non-hydrogen) atoms. The van der Waals surface area contributed by atoms with Crippen LogP contribution in [0.15, 0.2) is 146 Å². The second-order valence-corrected chi connectivity index (χ2v) is 18.8. The molecule has 0 aliphatic heterocycles. The van der Waals surface area contributed by atoms with Crippen molar-refractivity contribution in [1.29, 1.82) is 0 Å². The fourth-order valence-electron chi connectivity index (χ4n) is 7.40. The molecule has 0 radical (unpaired) electrons. The Morgan fingerprint density at radius 2 is 0.897 bits per heavy atom. The number of hydrogen-bond acceptors (Lipinski definition) is 0. The Kier molecular flexibility index (Phi) is 16.5. The van der Waals surface area contributed by atoms with Crippen LogP contribution in [0.25, 0.3) is 43.8 Å². The summed E-state index contributed by atoms with van der Waals surface area (Å²) in [5.41, 5.74) is 13.3. The number of hydrogen-bond donors (Lipinski definition) is 0. The second kappa shape index (κ2) is 20.2. The molecule has 0 saturated heterocycles. The van der Waals surface area contributed by atoms with Crippen molar-refractivity contribution in [3.8, 4) is 22.3 Å². The third-order valence-corrected chi connectivity index (χ3v) is 12.2. The molecule has 0 saturated carbocycles. The number of halogens is 4. The average molecular weight is 920 g/mol. The third-order valence-electron chi connectivity index (χ3n) is 10.3. The first-order valence-electron chi connectivity index (χ1n) is 19.3. The largest absolute Gasteiger partial charge is 1.00 e. The Labute approximate surface area is 383 Å². The molecule has 1 aliphatic carbocycles. The Morgan fingerprint density at radius 3 is 1.17 bits per heavy atom. The van der Waals surface area contributed by atoms with E-state index in [0.29, 0.717) is 0 Å². The molecule has 8 rings (SSSR count). The monoisotopic (exact) mass is 916 g/mol. The molecule has 0 atom stereocenters. The maximum Gasteiger partial charge on any atom is -0.109 e. The molecular weight excluding hydrogens is 870 g/mol. The van der Waals surface area contributed by atoms with Gasteiger partial charge < -0.3 is 24.8 Å². The van der Waals surface area contributed by atoms with E-state index >= 15 is 0 Å². The van der Waals surface area contributed by atoms with Gasteiger partial charge >= 0.3 is 191 Å². The van der Waals surface area contributed by atoms with Gasteiger partial charge in [0.2, 0.25) is 0 Å². The molecule has 0 fully saturated rings. The molecule has 0 bridgehead atoms. The van der Waals surface area contributed by atoms with E-state index in [2.05, 4.69) is 171 Å². The van der Waals surface area contributed by atoms with E-state index in [9.17, 15) is 0 Å². The van der Waals surface area contributed by atoms with Crippen LogP contribution in [-0.4, -0.2) is 3.21 Å². The van der Waals surface area contributed by atoms with E-state index in [1.54, 1.807) is 0 Å². The SMILES string of the molecule is Cc1cc2[cH-]c3cc(C)c(C(C)(C)C)cc3c2cc1C(C)(C)C.Clc1ccc(-c2ccc([C](=[Zr+2])c3ccc(-c4ccc(Cl)cc4)cc3)cc2)cc1.[C-]1=CC=CC1.[Cl-].[Cl-]. The molecule has 0 aromatic heterocycles. The molecule has 0 nitrogen and oxygen atoms in total. The minimum Gasteiger partial charge on any atom is -1.00 e. The molecular formula is C53H50Cl4Zr-2. The van der Waals surface area contributed by atoms with Gasteiger partial charge in [-0.05, 0) is 24.7 Å². The number of rotatable bonds is 4. The van der Waals surface area contributed by atoms with Crippen molar-refractivity contribution >= 4 is 48.0 Å². The van der Waals surface area contributed by atoms with Crippen LogP contribution in [-0.2, 0) is 35.1 Å². The fourth-order valence-corrected chi connectivity index (χ4v) is 8.47. The molecule has 0 heterocycles. The summed E-state index contributed by atoms with van der Waals surface area (Å²) in [6, 6.07) is 45.3. The number of aryl methyl sites for hydroxylation is 2. The van der Waals surface area contributed by atoms with Crippen LogP contribution in [0.3, 0.4) is 0 Å². The molecule has 0 spiro atoms. The predicted octanol–water partition coefficient (Wildman–Crippen LogP) is 9.68. The second-order valence-electron chi connectivity index (χ2n) is 16.7. The summed E-state index contributed by atoms with van der Waals surface area (Å²) in [4.78, 5) is 0. The van der Waals surface area contributed by atoms with E-state index in [0.717, 1.165) is 16.5 Å². The zero-order chi connectivity index (χ0) is 40.2. The van der Waals surface area contributed by atoms with Crippen LogP contribution >= 0.6 is 23.2 Å². The van der Waals surface area contributed by atoms with Crippen molar-refractivity contribution in [2.75, 3.05) is 0 Å². The summed E-state index contributed by atoms with van der Waals surface area (Å²) in [7, 11) is 0. The van der Waals surface area contributed by atoms with Crippen molar-refractivity contribution in [1.82, 2.24) is 0 Å². The summed E-state index contributed by atoms with van der Waals surface area (Å²) in [5, 5.41) is 7.07. The first-order chi connectivity index (χ1) is 26.6. The molecule has 7 aromatic carbocycles. The first kappa shape index (κ1) is 47.3. The minimum atomic E-state index is 0. The standard InChI is InChI=1S/C25H16Cl2.C23H29.C5H5.2ClH.Zr/c26-24-13-9-22(10-14-24)20-5-1-18(2-6-20)17-19-3-7-21(8-4-19)23-11-15-25(27)16-12-23;1-14-9-16-11-17-10-15(2)21(23(6,7)8)13-19(17)18(16)12-20(14)22(3,4)5;1-2-4-5-3-1;;;/h1-16H;9-13H,1-8H3;1-3H,4H2;2*1H;/q;2*-1;;;+2/p-2. The van der Waals surface area contributed by atoms with Gasteiger partial charge in [0.25, 0.3) is 0 Å². The van der Waals surface area contributed by atoms with Crippen LogP contribution < -0.4 is 24.8 Å². The van der Waals surface area contributed by atoms with Gasteiger partial charge in [0.15, 0.2) is 0 Å². The summed E-state index contributed by atoms with van der Waals surface area (Å²) < 4.78 is 1.34. The molecule has 1 aliphatic rings. The smallest absolute Gasteiger partial charge is 0.109 e. The van der Waals surface area contributed by atoms with Crippen molar-refractivity contribution in [3.05, 3.63) is 195 Å². The van der Waals surface area contributed by atoms with Crippen molar-refractivity contribution in [2.45, 2.75) is 72.6 Å². The summed E-state index contributed by atoms with van der Waals surface area (Å²) >= 11 is 13.4. The molecule has 0 N–H and O–H groups in total. The Morgan fingerprint density at radius 1 is 0.552 bits per heavy atom. The molecule has 5 heteroatoms. The van der Waals surface area contributed by atoms with Crippen LogP contribution in [0.2, 0.25) is 10.0 Å².